The molecular formula is C17H16N4O4. The molecule has 1 N–H and O–H groups in total. The summed E-state index contributed by atoms with van der Waals surface area (Å²) in [4.78, 5) is 22.6. The number of nitrogens with one attached hydrogen (secondary N) is 1. The van der Waals surface area contributed by atoms with Crippen molar-refractivity contribution in [2.75, 3.05) is 7.11 Å². The van der Waals surface area contributed by atoms with Crippen LogP contribution >= 0.6 is 0 Å². The van der Waals surface area contributed by atoms with Crippen LogP contribution in [0.1, 0.15) is 5.56 Å². The summed E-state index contributed by atoms with van der Waals surface area (Å²) in [7, 11) is 1.57. The fraction of sp³-hybridized carbons (Fsp3) is 0.176. The maximum atomic E-state index is 12.2. The number of fused-ring (bicyclic) bond motifs is 1. The number of aromatic nitrogens is 2. The van der Waals surface area contributed by atoms with Gasteiger partial charge >= 0.3 is 0 Å². The number of ether oxygens (including phenoxy) is 1. The molecule has 0 bridgehead atoms. The Balaban J connectivity index is 1.71. The van der Waals surface area contributed by atoms with Gasteiger partial charge in [0.2, 0.25) is 5.91 Å². The molecule has 0 aliphatic carbocycles. The molecule has 0 atom stereocenters. The molecule has 25 heavy (non-hydrogen) atoms. The third-order valence-corrected chi connectivity index (χ3v) is 3.80. The van der Waals surface area contributed by atoms with E-state index in [9.17, 15) is 14.9 Å². The number of carbonyl (C=O) groups excluding carboxylic acids is 1. The molecule has 1 heterocycles. The lowest BCUT2D eigenvalue weighted by Gasteiger charge is -2.10. The molecule has 0 radical (unpaired) electrons. The molecule has 8 heteroatoms. The summed E-state index contributed by atoms with van der Waals surface area (Å²) in [6, 6.07) is 11.8. The van der Waals surface area contributed by atoms with Gasteiger partial charge in [0, 0.05) is 29.6 Å². The van der Waals surface area contributed by atoms with Gasteiger partial charge in [0.05, 0.1) is 23.7 Å². The van der Waals surface area contributed by atoms with Gasteiger partial charge in [0.1, 0.15) is 12.3 Å². The van der Waals surface area contributed by atoms with Crippen molar-refractivity contribution in [1.82, 2.24) is 15.1 Å². The average molecular weight is 340 g/mol. The highest BCUT2D eigenvalue weighted by Gasteiger charge is 2.12. The summed E-state index contributed by atoms with van der Waals surface area (Å²) in [6.07, 6.45) is 1.58. The molecule has 1 amide bonds. The Kier molecular flexibility index (Phi) is 4.60. The first-order chi connectivity index (χ1) is 12.1. The zero-order valence-corrected chi connectivity index (χ0v) is 13.5. The lowest BCUT2D eigenvalue weighted by atomic mass is 10.2. The van der Waals surface area contributed by atoms with Gasteiger partial charge < -0.3 is 10.1 Å². The number of rotatable bonds is 6. The number of non-ortho nitro benzene ring substituents is 1. The highest BCUT2D eigenvalue weighted by molar-refractivity contribution is 5.83. The molecule has 0 aliphatic heterocycles. The van der Waals surface area contributed by atoms with Gasteiger partial charge in [0.25, 0.3) is 5.69 Å². The average Bonchev–Trinajstić information content (AvgIpc) is 3.02. The fourth-order valence-electron chi connectivity index (χ4n) is 2.53. The Bertz CT molecular complexity index is 935. The Hall–Kier alpha value is -3.42. The first-order valence-corrected chi connectivity index (χ1v) is 7.57. The Labute approximate surface area is 143 Å². The third-order valence-electron chi connectivity index (χ3n) is 3.80. The predicted octanol–water partition coefficient (Wildman–Crippen LogP) is 2.27. The van der Waals surface area contributed by atoms with E-state index in [0.717, 1.165) is 10.9 Å². The van der Waals surface area contributed by atoms with Crippen molar-refractivity contribution in [3.05, 3.63) is 64.3 Å². The van der Waals surface area contributed by atoms with Crippen LogP contribution in [-0.2, 0) is 17.9 Å². The van der Waals surface area contributed by atoms with E-state index in [0.29, 0.717) is 17.8 Å². The van der Waals surface area contributed by atoms with Crippen LogP contribution in [0.3, 0.4) is 0 Å². The summed E-state index contributed by atoms with van der Waals surface area (Å²) in [6.45, 7) is 0.294. The van der Waals surface area contributed by atoms with Crippen molar-refractivity contribution in [2.24, 2.45) is 0 Å². The van der Waals surface area contributed by atoms with Crippen molar-refractivity contribution >= 4 is 22.5 Å². The molecule has 1 aromatic heterocycles. The first kappa shape index (κ1) is 16.4. The van der Waals surface area contributed by atoms with Gasteiger partial charge in [-0.25, -0.2) is 0 Å². The van der Waals surface area contributed by atoms with Crippen molar-refractivity contribution in [3.63, 3.8) is 0 Å². The zero-order valence-electron chi connectivity index (χ0n) is 13.5. The quantitative estimate of drug-likeness (QED) is 0.548. The standard InChI is InChI=1S/C17H16N4O4/c1-25-16-5-3-2-4-13(16)9-18-17(22)11-20-15-8-14(21(23)24)7-6-12(15)10-19-20/h2-8,10H,9,11H2,1H3,(H,18,22). The van der Waals surface area contributed by atoms with Crippen LogP contribution < -0.4 is 10.1 Å². The second-order valence-electron chi connectivity index (χ2n) is 5.39. The van der Waals surface area contributed by atoms with Crippen LogP contribution in [0.2, 0.25) is 0 Å². The van der Waals surface area contributed by atoms with E-state index in [1.54, 1.807) is 19.4 Å². The number of nitro benzene ring substituents is 1. The minimum Gasteiger partial charge on any atom is -0.496 e. The highest BCUT2D eigenvalue weighted by Crippen LogP contribution is 2.20. The minimum atomic E-state index is -0.474. The molecule has 0 fully saturated rings. The molecule has 0 saturated carbocycles. The van der Waals surface area contributed by atoms with Gasteiger partial charge in [-0.05, 0) is 12.1 Å². The van der Waals surface area contributed by atoms with Gasteiger partial charge in [-0.15, -0.1) is 0 Å². The number of benzene rings is 2. The van der Waals surface area contributed by atoms with E-state index in [1.807, 2.05) is 24.3 Å². The fourth-order valence-corrected chi connectivity index (χ4v) is 2.53. The van der Waals surface area contributed by atoms with E-state index < -0.39 is 4.92 Å². The van der Waals surface area contributed by atoms with Crippen molar-refractivity contribution in [3.8, 4) is 5.75 Å². The van der Waals surface area contributed by atoms with Gasteiger partial charge in [-0.1, -0.05) is 18.2 Å². The first-order valence-electron chi connectivity index (χ1n) is 7.57. The summed E-state index contributed by atoms with van der Waals surface area (Å²) < 4.78 is 6.69. The van der Waals surface area contributed by atoms with Gasteiger partial charge in [-0.2, -0.15) is 5.10 Å². The second kappa shape index (κ2) is 7.00. The summed E-state index contributed by atoms with van der Waals surface area (Å²) in [5.41, 5.74) is 1.37. The maximum Gasteiger partial charge on any atom is 0.271 e. The molecule has 3 aromatic rings. The number of nitro groups is 1. The number of hydrogen-bond donors (Lipinski definition) is 1. The maximum absolute atomic E-state index is 12.2. The smallest absolute Gasteiger partial charge is 0.271 e. The van der Waals surface area contributed by atoms with Crippen LogP contribution in [0, 0.1) is 10.1 Å². The van der Waals surface area contributed by atoms with Gasteiger partial charge in [-0.3, -0.25) is 19.6 Å². The summed E-state index contributed by atoms with van der Waals surface area (Å²) in [5, 5.41) is 18.6. The molecule has 2 aromatic carbocycles. The van der Waals surface area contributed by atoms with Crippen LogP contribution in [0.25, 0.3) is 10.9 Å². The monoisotopic (exact) mass is 340 g/mol. The van der Waals surface area contributed by atoms with E-state index in [-0.39, 0.29) is 18.1 Å². The molecular weight excluding hydrogens is 324 g/mol. The number of hydrogen-bond acceptors (Lipinski definition) is 5. The topological polar surface area (TPSA) is 99.3 Å². The molecule has 0 aliphatic rings. The second-order valence-corrected chi connectivity index (χ2v) is 5.39. The molecule has 3 rings (SSSR count). The lowest BCUT2D eigenvalue weighted by molar-refractivity contribution is -0.384. The number of amides is 1. The summed E-state index contributed by atoms with van der Waals surface area (Å²) >= 11 is 0. The molecule has 0 unspecified atom stereocenters. The van der Waals surface area contributed by atoms with Crippen LogP contribution in [0.15, 0.2) is 48.7 Å². The van der Waals surface area contributed by atoms with E-state index in [1.165, 1.54) is 16.8 Å². The van der Waals surface area contributed by atoms with Crippen molar-refractivity contribution < 1.29 is 14.5 Å². The van der Waals surface area contributed by atoms with Crippen LogP contribution in [0.4, 0.5) is 5.69 Å². The number of methoxy groups -OCH3 is 1. The lowest BCUT2D eigenvalue weighted by Crippen LogP contribution is -2.27. The number of nitrogens with zero attached hydrogens (tertiary/aromatic N) is 3. The highest BCUT2D eigenvalue weighted by atomic mass is 16.6. The minimum absolute atomic E-state index is 0.0280. The molecule has 0 spiro atoms. The molecule has 128 valence electrons. The third kappa shape index (κ3) is 3.57. The van der Waals surface area contributed by atoms with Gasteiger partial charge in [0.15, 0.2) is 0 Å². The van der Waals surface area contributed by atoms with E-state index in [4.69, 9.17) is 4.74 Å². The number of para-hydroxylation sites is 1. The normalized spacial score (nSPS) is 10.6. The molecule has 8 nitrogen and oxygen atoms in total. The van der Waals surface area contributed by atoms with Crippen molar-refractivity contribution in [1.29, 1.82) is 0 Å². The van der Waals surface area contributed by atoms with Crippen molar-refractivity contribution in [2.45, 2.75) is 13.1 Å². The summed E-state index contributed by atoms with van der Waals surface area (Å²) in [5.74, 6) is 0.449. The Morgan fingerprint density at radius 3 is 2.88 bits per heavy atom. The van der Waals surface area contributed by atoms with Crippen LogP contribution in [0.5, 0.6) is 5.75 Å². The Morgan fingerprint density at radius 1 is 1.32 bits per heavy atom. The SMILES string of the molecule is COc1ccccc1CNC(=O)Cn1ncc2ccc([N+](=O)[O-])cc21. The molecule has 0 saturated heterocycles. The Morgan fingerprint density at radius 2 is 2.12 bits per heavy atom. The van der Waals surface area contributed by atoms with E-state index >= 15 is 0 Å². The predicted molar refractivity (Wildman–Crippen MR) is 91.2 cm³/mol. The number of carbonyl (C=O) groups is 1. The zero-order chi connectivity index (χ0) is 17.8. The largest absolute Gasteiger partial charge is 0.496 e. The van der Waals surface area contributed by atoms with E-state index in [2.05, 4.69) is 10.4 Å². The van der Waals surface area contributed by atoms with Crippen LogP contribution in [-0.4, -0.2) is 27.7 Å².